The Labute approximate surface area is 147 Å². The molecule has 0 aliphatic rings. The average molecular weight is 344 g/mol. The maximum Gasteiger partial charge on any atom is 0.194 e. The Bertz CT molecular complexity index is 727. The summed E-state index contributed by atoms with van der Waals surface area (Å²) in [5, 5.41) is 0. The highest BCUT2D eigenvalue weighted by Gasteiger charge is 2.27. The molecule has 0 aromatic heterocycles. The summed E-state index contributed by atoms with van der Waals surface area (Å²) in [5.74, 6) is 1.14. The quantitative estimate of drug-likeness (QED) is 0.434. The fourth-order valence-corrected chi connectivity index (χ4v) is 2.15. The largest absolute Gasteiger partial charge is 0.490 e. The summed E-state index contributed by atoms with van der Waals surface area (Å²) < 4.78 is 16.4. The molecule has 0 aliphatic carbocycles. The molecule has 134 valence electrons. The zero-order chi connectivity index (χ0) is 18.4. The Balaban J connectivity index is 1.85. The molecule has 6 nitrogen and oxygen atoms in total. The molecule has 0 bridgehead atoms. The van der Waals surface area contributed by atoms with Crippen LogP contribution in [0, 0.1) is 0 Å². The Morgan fingerprint density at radius 2 is 1.64 bits per heavy atom. The van der Waals surface area contributed by atoms with E-state index in [1.807, 2.05) is 0 Å². The highest BCUT2D eigenvalue weighted by atomic mass is 16.5. The van der Waals surface area contributed by atoms with Crippen molar-refractivity contribution in [1.82, 2.24) is 0 Å². The average Bonchev–Trinajstić information content (AvgIpc) is 2.60. The maximum absolute atomic E-state index is 12.3. The van der Waals surface area contributed by atoms with Crippen molar-refractivity contribution in [2.24, 2.45) is 0 Å². The van der Waals surface area contributed by atoms with Gasteiger partial charge in [-0.1, -0.05) is 0 Å². The van der Waals surface area contributed by atoms with Crippen molar-refractivity contribution in [2.75, 3.05) is 31.8 Å². The lowest BCUT2D eigenvalue weighted by molar-refractivity contribution is 0.0228. The predicted molar refractivity (Wildman–Crippen MR) is 98.1 cm³/mol. The summed E-state index contributed by atoms with van der Waals surface area (Å²) >= 11 is 0. The SMILES string of the molecule is COC(C)(C)C(=O)c1ccc(OCCOc2ccc(N)cc2N)cc1. The van der Waals surface area contributed by atoms with Gasteiger partial charge < -0.3 is 25.7 Å². The normalized spacial score (nSPS) is 11.2. The lowest BCUT2D eigenvalue weighted by Gasteiger charge is -2.21. The van der Waals surface area contributed by atoms with Gasteiger partial charge in [0.15, 0.2) is 5.78 Å². The van der Waals surface area contributed by atoms with Gasteiger partial charge in [-0.05, 0) is 56.3 Å². The van der Waals surface area contributed by atoms with Gasteiger partial charge in [0.25, 0.3) is 0 Å². The van der Waals surface area contributed by atoms with Gasteiger partial charge in [-0.15, -0.1) is 0 Å². The fraction of sp³-hybridized carbons (Fsp3) is 0.316. The molecule has 0 atom stereocenters. The van der Waals surface area contributed by atoms with E-state index in [1.54, 1.807) is 56.3 Å². The number of carbonyl (C=O) groups is 1. The highest BCUT2D eigenvalue weighted by Crippen LogP contribution is 2.23. The number of hydrogen-bond acceptors (Lipinski definition) is 6. The summed E-state index contributed by atoms with van der Waals surface area (Å²) in [6.07, 6.45) is 0. The third kappa shape index (κ3) is 4.87. The number of carbonyl (C=O) groups excluding carboxylic acids is 1. The van der Waals surface area contributed by atoms with Crippen LogP contribution in [0.1, 0.15) is 24.2 Å². The van der Waals surface area contributed by atoms with Crippen molar-refractivity contribution in [3.63, 3.8) is 0 Å². The standard InChI is InChI=1S/C19H24N2O4/c1-19(2,23-3)18(22)13-4-7-15(8-5-13)24-10-11-25-17-9-6-14(20)12-16(17)21/h4-9,12H,10-11,20-21H2,1-3H3. The third-order valence-corrected chi connectivity index (χ3v) is 3.82. The molecule has 0 heterocycles. The number of hydrogen-bond donors (Lipinski definition) is 2. The van der Waals surface area contributed by atoms with Crippen molar-refractivity contribution in [3.05, 3.63) is 48.0 Å². The zero-order valence-electron chi connectivity index (χ0n) is 14.7. The van der Waals surface area contributed by atoms with Gasteiger partial charge in [0.2, 0.25) is 0 Å². The Morgan fingerprint density at radius 1 is 1.00 bits per heavy atom. The first-order valence-corrected chi connectivity index (χ1v) is 7.94. The summed E-state index contributed by atoms with van der Waals surface area (Å²) in [7, 11) is 1.52. The lowest BCUT2D eigenvalue weighted by atomic mass is 9.96. The van der Waals surface area contributed by atoms with Crippen molar-refractivity contribution in [2.45, 2.75) is 19.4 Å². The Hall–Kier alpha value is -2.73. The number of nitrogens with two attached hydrogens (primary N) is 2. The molecule has 6 heteroatoms. The first-order valence-electron chi connectivity index (χ1n) is 7.94. The van der Waals surface area contributed by atoms with Crippen LogP contribution in [-0.2, 0) is 4.74 Å². The first kappa shape index (κ1) is 18.6. The highest BCUT2D eigenvalue weighted by molar-refractivity contribution is 6.02. The molecule has 0 fully saturated rings. The van der Waals surface area contributed by atoms with E-state index in [4.69, 9.17) is 25.7 Å². The summed E-state index contributed by atoms with van der Waals surface area (Å²) in [5.41, 5.74) is 12.3. The van der Waals surface area contributed by atoms with Crippen LogP contribution in [0.2, 0.25) is 0 Å². The number of ketones is 1. The van der Waals surface area contributed by atoms with E-state index in [1.165, 1.54) is 7.11 Å². The molecule has 0 radical (unpaired) electrons. The van der Waals surface area contributed by atoms with Gasteiger partial charge >= 0.3 is 0 Å². The minimum absolute atomic E-state index is 0.0799. The van der Waals surface area contributed by atoms with Crippen LogP contribution in [0.25, 0.3) is 0 Å². The number of anilines is 2. The topological polar surface area (TPSA) is 96.8 Å². The van der Waals surface area contributed by atoms with Crippen molar-refractivity contribution in [1.29, 1.82) is 0 Å². The minimum Gasteiger partial charge on any atom is -0.490 e. The second-order valence-electron chi connectivity index (χ2n) is 6.06. The van der Waals surface area contributed by atoms with Crippen LogP contribution >= 0.6 is 0 Å². The number of Topliss-reactive ketones (excluding diaryl/α,β-unsaturated/α-hetero) is 1. The lowest BCUT2D eigenvalue weighted by Crippen LogP contribution is -2.33. The van der Waals surface area contributed by atoms with E-state index < -0.39 is 5.60 Å². The molecule has 0 unspecified atom stereocenters. The number of ether oxygens (including phenoxy) is 3. The number of benzene rings is 2. The van der Waals surface area contributed by atoms with Crippen LogP contribution in [0.3, 0.4) is 0 Å². The van der Waals surface area contributed by atoms with E-state index in [9.17, 15) is 4.79 Å². The fourth-order valence-electron chi connectivity index (χ4n) is 2.15. The molecule has 2 aromatic rings. The molecule has 0 saturated carbocycles. The van der Waals surface area contributed by atoms with Gasteiger partial charge in [0.05, 0.1) is 5.69 Å². The molecule has 0 saturated heterocycles. The Kier molecular flexibility index (Phi) is 5.88. The third-order valence-electron chi connectivity index (χ3n) is 3.82. The summed E-state index contributed by atoms with van der Waals surface area (Å²) in [4.78, 5) is 12.3. The first-order chi connectivity index (χ1) is 11.8. The van der Waals surface area contributed by atoms with E-state index >= 15 is 0 Å². The van der Waals surface area contributed by atoms with Crippen LogP contribution in [0.15, 0.2) is 42.5 Å². The van der Waals surface area contributed by atoms with Gasteiger partial charge in [-0.2, -0.15) is 0 Å². The predicted octanol–water partition coefficient (Wildman–Crippen LogP) is 2.92. The monoisotopic (exact) mass is 344 g/mol. The van der Waals surface area contributed by atoms with Crippen LogP contribution in [-0.4, -0.2) is 31.7 Å². The molecular formula is C19H24N2O4. The van der Waals surface area contributed by atoms with Gasteiger partial charge in [-0.25, -0.2) is 0 Å². The zero-order valence-corrected chi connectivity index (χ0v) is 14.7. The molecule has 25 heavy (non-hydrogen) atoms. The number of methoxy groups -OCH3 is 1. The van der Waals surface area contributed by atoms with Crippen molar-refractivity contribution < 1.29 is 19.0 Å². The Morgan fingerprint density at radius 3 is 2.24 bits per heavy atom. The molecule has 2 rings (SSSR count). The molecule has 0 amide bonds. The van der Waals surface area contributed by atoms with E-state index in [0.29, 0.717) is 41.7 Å². The van der Waals surface area contributed by atoms with E-state index in [-0.39, 0.29) is 5.78 Å². The molecule has 0 spiro atoms. The van der Waals surface area contributed by atoms with E-state index in [2.05, 4.69) is 0 Å². The number of rotatable bonds is 8. The summed E-state index contributed by atoms with van der Waals surface area (Å²) in [6.45, 7) is 4.16. The molecule has 2 aromatic carbocycles. The molecule has 0 aliphatic heterocycles. The summed E-state index contributed by atoms with van der Waals surface area (Å²) in [6, 6.07) is 12.0. The van der Waals surface area contributed by atoms with Crippen LogP contribution < -0.4 is 20.9 Å². The van der Waals surface area contributed by atoms with Crippen molar-refractivity contribution in [3.8, 4) is 11.5 Å². The van der Waals surface area contributed by atoms with Crippen molar-refractivity contribution >= 4 is 17.2 Å². The van der Waals surface area contributed by atoms with Gasteiger partial charge in [-0.3, -0.25) is 4.79 Å². The van der Waals surface area contributed by atoms with Crippen LogP contribution in [0.4, 0.5) is 11.4 Å². The van der Waals surface area contributed by atoms with Crippen LogP contribution in [0.5, 0.6) is 11.5 Å². The minimum atomic E-state index is -0.852. The molecular weight excluding hydrogens is 320 g/mol. The number of nitrogen functional groups attached to an aromatic ring is 2. The van der Waals surface area contributed by atoms with Gasteiger partial charge in [0.1, 0.15) is 30.3 Å². The van der Waals surface area contributed by atoms with E-state index in [0.717, 1.165) is 0 Å². The molecule has 4 N–H and O–H groups in total. The smallest absolute Gasteiger partial charge is 0.194 e. The van der Waals surface area contributed by atoms with Gasteiger partial charge in [0, 0.05) is 18.4 Å². The second-order valence-corrected chi connectivity index (χ2v) is 6.06. The maximum atomic E-state index is 12.3. The second kappa shape index (κ2) is 7.90.